The number of imidazole rings is 1. The van der Waals surface area contributed by atoms with Crippen molar-refractivity contribution in [2.45, 2.75) is 45.9 Å². The highest BCUT2D eigenvalue weighted by Gasteiger charge is 2.32. The number of hydrogen-bond donors (Lipinski definition) is 1. The average Bonchev–Trinajstić information content (AvgIpc) is 3.25. The number of rotatable bonds is 6. The first kappa shape index (κ1) is 22.3. The predicted octanol–water partition coefficient (Wildman–Crippen LogP) is 2.79. The van der Waals surface area contributed by atoms with Gasteiger partial charge >= 0.3 is 0 Å². The molecule has 0 spiro atoms. The van der Waals surface area contributed by atoms with Gasteiger partial charge in [0.05, 0.1) is 32.3 Å². The minimum Gasteiger partial charge on any atom is -0.497 e. The molecule has 0 aliphatic carbocycles. The predicted molar refractivity (Wildman–Crippen MR) is 119 cm³/mol. The van der Waals surface area contributed by atoms with Crippen molar-refractivity contribution in [1.82, 2.24) is 19.8 Å². The molecule has 0 bridgehead atoms. The fraction of sp³-hybridized carbons (Fsp3) is 0.542. The lowest BCUT2D eigenvalue weighted by molar-refractivity contribution is -0.126. The zero-order valence-electron chi connectivity index (χ0n) is 19.0. The molecule has 0 saturated carbocycles. The number of benzene rings is 1. The van der Waals surface area contributed by atoms with Crippen LogP contribution in [0.15, 0.2) is 30.6 Å². The first-order valence-electron chi connectivity index (χ1n) is 11.3. The van der Waals surface area contributed by atoms with E-state index in [2.05, 4.69) is 24.1 Å². The Kier molecular flexibility index (Phi) is 6.79. The third-order valence-electron chi connectivity index (χ3n) is 6.26. The van der Waals surface area contributed by atoms with Gasteiger partial charge in [0, 0.05) is 25.6 Å². The van der Waals surface area contributed by atoms with E-state index in [-0.39, 0.29) is 23.8 Å². The van der Waals surface area contributed by atoms with Gasteiger partial charge in [0.1, 0.15) is 11.9 Å². The lowest BCUT2D eigenvalue weighted by atomic mass is 9.95. The Morgan fingerprint density at radius 2 is 1.94 bits per heavy atom. The molecule has 0 radical (unpaired) electrons. The molecule has 1 aromatic carbocycles. The molecular weight excluding hydrogens is 408 g/mol. The summed E-state index contributed by atoms with van der Waals surface area (Å²) in [6, 6.07) is 7.84. The molecule has 4 rings (SSSR count). The van der Waals surface area contributed by atoms with Crippen LogP contribution in [0, 0.1) is 11.8 Å². The summed E-state index contributed by atoms with van der Waals surface area (Å²) >= 11 is 0. The topological polar surface area (TPSA) is 85.7 Å². The fourth-order valence-corrected chi connectivity index (χ4v) is 4.27. The number of aromatic nitrogens is 2. The van der Waals surface area contributed by atoms with Crippen LogP contribution in [0.1, 0.15) is 54.5 Å². The summed E-state index contributed by atoms with van der Waals surface area (Å²) in [6.07, 6.45) is 3.00. The van der Waals surface area contributed by atoms with Gasteiger partial charge in [-0.05, 0) is 36.5 Å². The molecule has 8 heteroatoms. The van der Waals surface area contributed by atoms with E-state index in [1.807, 2.05) is 33.7 Å². The largest absolute Gasteiger partial charge is 0.497 e. The van der Waals surface area contributed by atoms with Crippen molar-refractivity contribution in [2.75, 3.05) is 26.7 Å². The molecule has 1 atom stereocenters. The Balaban J connectivity index is 1.35. The van der Waals surface area contributed by atoms with Crippen LogP contribution in [0.2, 0.25) is 0 Å². The molecule has 0 unspecified atom stereocenters. The number of nitrogens with one attached hydrogen (secondary N) is 1. The highest BCUT2D eigenvalue weighted by Crippen LogP contribution is 2.29. The molecule has 172 valence electrons. The summed E-state index contributed by atoms with van der Waals surface area (Å²) in [5, 5.41) is 3.01. The quantitative estimate of drug-likeness (QED) is 0.747. The van der Waals surface area contributed by atoms with Gasteiger partial charge in [0.15, 0.2) is 5.69 Å². The zero-order chi connectivity index (χ0) is 22.7. The van der Waals surface area contributed by atoms with Crippen molar-refractivity contribution in [3.8, 4) is 5.75 Å². The number of amides is 2. The third kappa shape index (κ3) is 4.80. The van der Waals surface area contributed by atoms with Crippen molar-refractivity contribution >= 4 is 11.8 Å². The molecular formula is C24H32N4O4. The molecule has 2 aliphatic rings. The first-order valence-corrected chi connectivity index (χ1v) is 11.3. The highest BCUT2D eigenvalue weighted by atomic mass is 16.5. The minimum absolute atomic E-state index is 0.0256. The van der Waals surface area contributed by atoms with Crippen LogP contribution in [-0.4, -0.2) is 53.0 Å². The first-order chi connectivity index (χ1) is 15.5. The highest BCUT2D eigenvalue weighted by molar-refractivity contribution is 5.93. The van der Waals surface area contributed by atoms with Crippen molar-refractivity contribution in [1.29, 1.82) is 0 Å². The van der Waals surface area contributed by atoms with Crippen molar-refractivity contribution < 1.29 is 19.1 Å². The van der Waals surface area contributed by atoms with Crippen LogP contribution < -0.4 is 10.1 Å². The normalized spacial score (nSPS) is 19.0. The average molecular weight is 441 g/mol. The van der Waals surface area contributed by atoms with E-state index in [0.29, 0.717) is 57.2 Å². The molecule has 3 heterocycles. The van der Waals surface area contributed by atoms with E-state index in [4.69, 9.17) is 9.47 Å². The number of piperidine rings is 1. The standard InChI is InChI=1S/C24H32N4O4/c1-16(2)12-25-23(29)18-8-10-27(11-9-18)24(30)22-20-14-32-21(13-28(20)15-26-22)17-4-6-19(31-3)7-5-17/h4-7,15-16,18,21H,8-14H2,1-3H3,(H,25,29)/t21-/m0/s1. The van der Waals surface area contributed by atoms with Gasteiger partial charge in [0.2, 0.25) is 5.91 Å². The Hall–Kier alpha value is -2.87. The number of ether oxygens (including phenoxy) is 2. The van der Waals surface area contributed by atoms with Crippen LogP contribution in [0.25, 0.3) is 0 Å². The number of fused-ring (bicyclic) bond motifs is 1. The number of carbonyl (C=O) groups excluding carboxylic acids is 2. The number of methoxy groups -OCH3 is 1. The summed E-state index contributed by atoms with van der Waals surface area (Å²) in [5.41, 5.74) is 2.34. The van der Waals surface area contributed by atoms with Crippen LogP contribution in [0.5, 0.6) is 5.75 Å². The summed E-state index contributed by atoms with van der Waals surface area (Å²) in [4.78, 5) is 31.7. The second-order valence-electron chi connectivity index (χ2n) is 8.97. The van der Waals surface area contributed by atoms with Gasteiger partial charge in [0.25, 0.3) is 5.91 Å². The molecule has 1 N–H and O–H groups in total. The molecule has 1 aromatic heterocycles. The Morgan fingerprint density at radius 3 is 2.59 bits per heavy atom. The number of carbonyl (C=O) groups is 2. The van der Waals surface area contributed by atoms with Crippen molar-refractivity contribution in [3.63, 3.8) is 0 Å². The molecule has 32 heavy (non-hydrogen) atoms. The summed E-state index contributed by atoms with van der Waals surface area (Å²) in [6.45, 7) is 6.94. The maximum atomic E-state index is 13.1. The lowest BCUT2D eigenvalue weighted by Crippen LogP contribution is -2.44. The van der Waals surface area contributed by atoms with Crippen molar-refractivity contribution in [2.24, 2.45) is 11.8 Å². The number of likely N-dealkylation sites (tertiary alicyclic amines) is 1. The number of hydrogen-bond acceptors (Lipinski definition) is 5. The second-order valence-corrected chi connectivity index (χ2v) is 8.97. The van der Waals surface area contributed by atoms with E-state index < -0.39 is 0 Å². The second kappa shape index (κ2) is 9.73. The van der Waals surface area contributed by atoms with Crippen LogP contribution >= 0.6 is 0 Å². The maximum Gasteiger partial charge on any atom is 0.274 e. The zero-order valence-corrected chi connectivity index (χ0v) is 19.0. The van der Waals surface area contributed by atoms with Gasteiger partial charge < -0.3 is 24.3 Å². The van der Waals surface area contributed by atoms with Gasteiger partial charge in [-0.1, -0.05) is 26.0 Å². The van der Waals surface area contributed by atoms with Gasteiger partial charge in [-0.15, -0.1) is 0 Å². The fourth-order valence-electron chi connectivity index (χ4n) is 4.27. The van der Waals surface area contributed by atoms with E-state index >= 15 is 0 Å². The van der Waals surface area contributed by atoms with E-state index in [9.17, 15) is 9.59 Å². The number of nitrogens with zero attached hydrogens (tertiary/aromatic N) is 3. The van der Waals surface area contributed by atoms with E-state index in [1.165, 1.54) is 0 Å². The molecule has 2 aliphatic heterocycles. The third-order valence-corrected chi connectivity index (χ3v) is 6.26. The smallest absolute Gasteiger partial charge is 0.274 e. The minimum atomic E-state index is -0.0920. The summed E-state index contributed by atoms with van der Waals surface area (Å²) in [5.74, 6) is 1.23. The van der Waals surface area contributed by atoms with E-state index in [1.54, 1.807) is 13.4 Å². The molecule has 1 saturated heterocycles. The molecule has 2 amide bonds. The lowest BCUT2D eigenvalue weighted by Gasteiger charge is -2.31. The monoisotopic (exact) mass is 440 g/mol. The Bertz CT molecular complexity index is 945. The van der Waals surface area contributed by atoms with Gasteiger partial charge in [-0.25, -0.2) is 4.98 Å². The van der Waals surface area contributed by atoms with Crippen LogP contribution in [-0.2, 0) is 22.7 Å². The van der Waals surface area contributed by atoms with Gasteiger partial charge in [-0.2, -0.15) is 0 Å². The van der Waals surface area contributed by atoms with Crippen molar-refractivity contribution in [3.05, 3.63) is 47.5 Å². The SMILES string of the molecule is COc1ccc([C@@H]2Cn3cnc(C(=O)N4CCC(C(=O)NCC(C)C)CC4)c3CO2)cc1. The molecule has 8 nitrogen and oxygen atoms in total. The van der Waals surface area contributed by atoms with E-state index in [0.717, 1.165) is 17.0 Å². The molecule has 1 fully saturated rings. The Morgan fingerprint density at radius 1 is 1.22 bits per heavy atom. The summed E-state index contributed by atoms with van der Waals surface area (Å²) in [7, 11) is 1.65. The summed E-state index contributed by atoms with van der Waals surface area (Å²) < 4.78 is 13.3. The molecule has 2 aromatic rings. The maximum absolute atomic E-state index is 13.1. The van der Waals surface area contributed by atoms with Crippen LogP contribution in [0.3, 0.4) is 0 Å². The van der Waals surface area contributed by atoms with Gasteiger partial charge in [-0.3, -0.25) is 9.59 Å². The Labute approximate surface area is 188 Å². The van der Waals surface area contributed by atoms with Crippen LogP contribution in [0.4, 0.5) is 0 Å².